The van der Waals surface area contributed by atoms with Gasteiger partial charge in [0.15, 0.2) is 23.0 Å². The second-order valence-corrected chi connectivity index (χ2v) is 9.36. The molecule has 3 heterocycles. The number of benzene rings is 2. The lowest BCUT2D eigenvalue weighted by Gasteiger charge is -2.28. The summed E-state index contributed by atoms with van der Waals surface area (Å²) in [5, 5.41) is 11.5. The molecular weight excluding hydrogens is 492 g/mol. The van der Waals surface area contributed by atoms with Gasteiger partial charge in [-0.05, 0) is 61.8 Å². The van der Waals surface area contributed by atoms with Crippen LogP contribution < -0.4 is 23.7 Å². The normalized spacial score (nSPS) is 20.6. The van der Waals surface area contributed by atoms with E-state index in [9.17, 15) is 14.7 Å². The Labute approximate surface area is 221 Å². The quantitative estimate of drug-likeness (QED) is 0.317. The van der Waals surface area contributed by atoms with E-state index in [-0.39, 0.29) is 11.3 Å². The zero-order chi connectivity index (χ0) is 26.8. The van der Waals surface area contributed by atoms with Gasteiger partial charge in [0.2, 0.25) is 5.75 Å². The summed E-state index contributed by atoms with van der Waals surface area (Å²) in [7, 11) is 4.51. The Bertz CT molecular complexity index is 1240. The maximum Gasteiger partial charge on any atom is 0.295 e. The smallest absolute Gasteiger partial charge is 0.295 e. The molecule has 5 rings (SSSR count). The lowest BCUT2D eigenvalue weighted by Crippen LogP contribution is -2.37. The fourth-order valence-electron chi connectivity index (χ4n) is 5.32. The third-order valence-corrected chi connectivity index (χ3v) is 7.21. The summed E-state index contributed by atoms with van der Waals surface area (Å²) in [6.45, 7) is 3.67. The Morgan fingerprint density at radius 3 is 2.21 bits per heavy atom. The molecule has 10 heteroatoms. The molecule has 0 saturated carbocycles. The number of carbonyl (C=O) groups excluding carboxylic acids is 2. The van der Waals surface area contributed by atoms with E-state index in [1.165, 1.54) is 26.2 Å². The van der Waals surface area contributed by atoms with Crippen molar-refractivity contribution in [2.75, 3.05) is 60.7 Å². The molecule has 0 radical (unpaired) electrons. The van der Waals surface area contributed by atoms with Gasteiger partial charge >= 0.3 is 0 Å². The van der Waals surface area contributed by atoms with Gasteiger partial charge in [0.05, 0.1) is 32.9 Å². The van der Waals surface area contributed by atoms with Crippen molar-refractivity contribution in [2.24, 2.45) is 0 Å². The molecule has 2 aromatic rings. The SMILES string of the molecule is COc1cc(C2C(=C(O)c3ccc4c(c3)OCCO4)C(=O)C(=O)N2CCN2CCCC2)cc(OC)c1OC. The van der Waals surface area contributed by atoms with E-state index in [0.717, 1.165) is 25.9 Å². The molecule has 2 saturated heterocycles. The average molecular weight is 525 g/mol. The van der Waals surface area contributed by atoms with Crippen LogP contribution in [-0.2, 0) is 9.59 Å². The summed E-state index contributed by atoms with van der Waals surface area (Å²) in [4.78, 5) is 30.6. The summed E-state index contributed by atoms with van der Waals surface area (Å²) >= 11 is 0. The van der Waals surface area contributed by atoms with Crippen molar-refractivity contribution in [1.82, 2.24) is 9.80 Å². The maximum atomic E-state index is 13.5. The van der Waals surface area contributed by atoms with Gasteiger partial charge in [0.1, 0.15) is 19.0 Å². The second kappa shape index (κ2) is 10.8. The summed E-state index contributed by atoms with van der Waals surface area (Å²) in [6, 6.07) is 7.50. The standard InChI is InChI=1S/C28H32N2O8/c1-34-21-15-18(16-22(35-2)27(21)36-3)24-23(25(31)17-6-7-19-20(14-17)38-13-12-37-19)26(32)28(33)30(24)11-10-29-8-4-5-9-29/h6-7,14-16,24,31H,4-5,8-13H2,1-3H3. The largest absolute Gasteiger partial charge is 0.507 e. The van der Waals surface area contributed by atoms with Crippen LogP contribution >= 0.6 is 0 Å². The van der Waals surface area contributed by atoms with Crippen LogP contribution in [-0.4, -0.2) is 87.3 Å². The van der Waals surface area contributed by atoms with Gasteiger partial charge in [-0.15, -0.1) is 0 Å². The monoisotopic (exact) mass is 524 g/mol. The molecule has 38 heavy (non-hydrogen) atoms. The van der Waals surface area contributed by atoms with E-state index in [0.29, 0.717) is 66.2 Å². The van der Waals surface area contributed by atoms with Crippen molar-refractivity contribution < 1.29 is 38.4 Å². The van der Waals surface area contributed by atoms with Crippen LogP contribution in [0.5, 0.6) is 28.7 Å². The van der Waals surface area contributed by atoms with Gasteiger partial charge in [0, 0.05) is 18.7 Å². The van der Waals surface area contributed by atoms with Crippen LogP contribution in [0.2, 0.25) is 0 Å². The van der Waals surface area contributed by atoms with Crippen molar-refractivity contribution in [3.63, 3.8) is 0 Å². The number of amides is 1. The molecule has 1 unspecified atom stereocenters. The van der Waals surface area contributed by atoms with Gasteiger partial charge in [-0.25, -0.2) is 0 Å². The first-order valence-corrected chi connectivity index (χ1v) is 12.7. The Morgan fingerprint density at radius 1 is 0.921 bits per heavy atom. The number of likely N-dealkylation sites (tertiary alicyclic amines) is 2. The Hall–Kier alpha value is -3.92. The lowest BCUT2D eigenvalue weighted by molar-refractivity contribution is -0.140. The number of nitrogens with zero attached hydrogens (tertiary/aromatic N) is 2. The molecule has 0 aliphatic carbocycles. The third-order valence-electron chi connectivity index (χ3n) is 7.21. The lowest BCUT2D eigenvalue weighted by atomic mass is 9.94. The first-order chi connectivity index (χ1) is 18.5. The number of hydrogen-bond acceptors (Lipinski definition) is 9. The van der Waals surface area contributed by atoms with Crippen molar-refractivity contribution in [3.05, 3.63) is 47.0 Å². The van der Waals surface area contributed by atoms with Crippen LogP contribution in [0.3, 0.4) is 0 Å². The van der Waals surface area contributed by atoms with E-state index in [1.54, 1.807) is 30.3 Å². The van der Waals surface area contributed by atoms with Crippen LogP contribution in [0.15, 0.2) is 35.9 Å². The van der Waals surface area contributed by atoms with E-state index < -0.39 is 17.7 Å². The van der Waals surface area contributed by atoms with E-state index >= 15 is 0 Å². The number of Topliss-reactive ketones (excluding diaryl/α,β-unsaturated/α-hetero) is 1. The first-order valence-electron chi connectivity index (χ1n) is 12.7. The number of fused-ring (bicyclic) bond motifs is 1. The molecule has 3 aliphatic heterocycles. The summed E-state index contributed by atoms with van der Waals surface area (Å²) < 4.78 is 27.8. The van der Waals surface area contributed by atoms with E-state index in [1.807, 2.05) is 0 Å². The number of ketones is 1. The third kappa shape index (κ3) is 4.60. The predicted molar refractivity (Wildman–Crippen MR) is 138 cm³/mol. The molecule has 3 aliphatic rings. The molecule has 10 nitrogen and oxygen atoms in total. The molecule has 202 valence electrons. The summed E-state index contributed by atoms with van der Waals surface area (Å²) in [6.07, 6.45) is 2.22. The molecule has 0 aromatic heterocycles. The number of aliphatic hydroxyl groups excluding tert-OH is 1. The number of hydrogen-bond donors (Lipinski definition) is 1. The molecule has 0 spiro atoms. The number of ether oxygens (including phenoxy) is 5. The van der Waals surface area contributed by atoms with Crippen LogP contribution in [0, 0.1) is 0 Å². The van der Waals surface area contributed by atoms with Gasteiger partial charge in [-0.3, -0.25) is 9.59 Å². The molecule has 1 amide bonds. The molecule has 2 aromatic carbocycles. The average Bonchev–Trinajstić information content (AvgIpc) is 3.56. The minimum atomic E-state index is -0.862. The topological polar surface area (TPSA) is 107 Å². The van der Waals surface area contributed by atoms with Crippen LogP contribution in [0.4, 0.5) is 0 Å². The number of methoxy groups -OCH3 is 3. The van der Waals surface area contributed by atoms with Crippen molar-refractivity contribution in [2.45, 2.75) is 18.9 Å². The fourth-order valence-corrected chi connectivity index (χ4v) is 5.32. The maximum absolute atomic E-state index is 13.5. The van der Waals surface area contributed by atoms with Crippen LogP contribution in [0.25, 0.3) is 5.76 Å². The summed E-state index contributed by atoms with van der Waals surface area (Å²) in [5.41, 5.74) is 0.894. The molecular formula is C28H32N2O8. The highest BCUT2D eigenvalue weighted by molar-refractivity contribution is 6.46. The highest BCUT2D eigenvalue weighted by atomic mass is 16.6. The molecule has 2 fully saturated rings. The molecule has 1 N–H and O–H groups in total. The van der Waals surface area contributed by atoms with Gasteiger partial charge in [-0.2, -0.15) is 0 Å². The van der Waals surface area contributed by atoms with Gasteiger partial charge in [-0.1, -0.05) is 0 Å². The first kappa shape index (κ1) is 25.7. The van der Waals surface area contributed by atoms with Crippen molar-refractivity contribution >= 4 is 17.4 Å². The van der Waals surface area contributed by atoms with E-state index in [4.69, 9.17) is 23.7 Å². The fraction of sp³-hybridized carbons (Fsp3) is 0.429. The number of rotatable bonds is 8. The van der Waals surface area contributed by atoms with Crippen molar-refractivity contribution in [1.29, 1.82) is 0 Å². The van der Waals surface area contributed by atoms with Gasteiger partial charge in [0.25, 0.3) is 11.7 Å². The number of aliphatic hydroxyl groups is 1. The minimum absolute atomic E-state index is 0.0117. The molecule has 1 atom stereocenters. The van der Waals surface area contributed by atoms with Crippen molar-refractivity contribution in [3.8, 4) is 28.7 Å². The Kier molecular flexibility index (Phi) is 7.33. The second-order valence-electron chi connectivity index (χ2n) is 9.36. The highest BCUT2D eigenvalue weighted by Gasteiger charge is 2.46. The van der Waals surface area contributed by atoms with Gasteiger partial charge < -0.3 is 38.6 Å². The minimum Gasteiger partial charge on any atom is -0.507 e. The Balaban J connectivity index is 1.63. The highest BCUT2D eigenvalue weighted by Crippen LogP contribution is 2.46. The summed E-state index contributed by atoms with van der Waals surface area (Å²) in [5.74, 6) is 0.465. The van der Waals surface area contributed by atoms with Crippen LogP contribution in [0.1, 0.15) is 30.0 Å². The Morgan fingerprint density at radius 2 is 1.58 bits per heavy atom. The zero-order valence-electron chi connectivity index (χ0n) is 21.8. The predicted octanol–water partition coefficient (Wildman–Crippen LogP) is 3.00. The van der Waals surface area contributed by atoms with E-state index in [2.05, 4.69) is 4.90 Å². The number of carbonyl (C=O) groups is 2. The molecule has 0 bridgehead atoms. The zero-order valence-corrected chi connectivity index (χ0v) is 21.8.